The van der Waals surface area contributed by atoms with Gasteiger partial charge in [0.1, 0.15) is 18.5 Å². The van der Waals surface area contributed by atoms with E-state index in [2.05, 4.69) is 19.9 Å². The molecule has 3 aliphatic heterocycles. The molecule has 16 heteroatoms. The van der Waals surface area contributed by atoms with Gasteiger partial charge >= 0.3 is 14.0 Å². The highest BCUT2D eigenvalue weighted by atomic mass is 31.2. The van der Waals surface area contributed by atoms with Gasteiger partial charge in [-0.05, 0) is 19.1 Å². The molecule has 3 saturated heterocycles. The number of aromatic amines is 1. The smallest absolute Gasteiger partial charge is 0.424 e. The highest BCUT2D eigenvalue weighted by Gasteiger charge is 2.64. The van der Waals surface area contributed by atoms with Crippen molar-refractivity contribution in [3.63, 3.8) is 0 Å². The van der Waals surface area contributed by atoms with Crippen LogP contribution in [0.25, 0.3) is 11.2 Å². The Hall–Kier alpha value is -3.36. The van der Waals surface area contributed by atoms with E-state index in [9.17, 15) is 14.2 Å². The third-order valence-corrected chi connectivity index (χ3v) is 7.71. The molecule has 0 amide bonds. The number of anilines is 1. The Morgan fingerprint density at radius 1 is 1.33 bits per heavy atom. The van der Waals surface area contributed by atoms with E-state index >= 15 is 0 Å². The second kappa shape index (κ2) is 8.35. The summed E-state index contributed by atoms with van der Waals surface area (Å²) in [6.45, 7) is 1.39. The molecule has 0 radical (unpaired) electrons. The Bertz CT molecular complexity index is 1430. The minimum Gasteiger partial charge on any atom is -0.424 e. The lowest BCUT2D eigenvalue weighted by molar-refractivity contribution is -0.0924. The molecule has 6 rings (SSSR count). The minimum absolute atomic E-state index is 0.0589. The molecule has 0 spiro atoms. The maximum Gasteiger partial charge on any atom is 0.509 e. The highest BCUT2D eigenvalue weighted by Crippen LogP contribution is 2.57. The average molecular weight is 520 g/mol. The van der Waals surface area contributed by atoms with Gasteiger partial charge in [0, 0.05) is 12.6 Å². The lowest BCUT2D eigenvalue weighted by Crippen LogP contribution is -2.42. The van der Waals surface area contributed by atoms with Crippen molar-refractivity contribution < 1.29 is 37.1 Å². The Morgan fingerprint density at radius 2 is 2.19 bits per heavy atom. The fourth-order valence-corrected chi connectivity index (χ4v) is 6.00. The molecule has 0 aliphatic carbocycles. The minimum atomic E-state index is -3.99. The predicted molar refractivity (Wildman–Crippen MR) is 118 cm³/mol. The van der Waals surface area contributed by atoms with Crippen LogP contribution in [0.1, 0.15) is 31.4 Å². The van der Waals surface area contributed by atoms with Crippen molar-refractivity contribution in [1.29, 1.82) is 0 Å². The van der Waals surface area contributed by atoms with E-state index in [1.165, 1.54) is 10.9 Å². The number of phosphoric ester groups is 1. The first-order valence-electron chi connectivity index (χ1n) is 11.0. The molecule has 0 bridgehead atoms. The van der Waals surface area contributed by atoms with Crippen LogP contribution in [-0.2, 0) is 32.3 Å². The fraction of sp³-hybridized carbons (Fsp3) is 0.450. The third kappa shape index (κ3) is 3.76. The number of nitrogens with two attached hydrogens (primary N) is 1. The molecule has 0 saturated carbocycles. The fourth-order valence-electron chi connectivity index (χ4n) is 4.62. The number of carbonyl (C=O) groups excluding carboxylic acids is 1. The summed E-state index contributed by atoms with van der Waals surface area (Å²) in [6.07, 6.45) is -1.08. The predicted octanol–water partition coefficient (Wildman–Crippen LogP) is 1.59. The van der Waals surface area contributed by atoms with Crippen molar-refractivity contribution in [2.24, 2.45) is 0 Å². The Morgan fingerprint density at radius 3 is 3.00 bits per heavy atom. The van der Waals surface area contributed by atoms with Crippen LogP contribution >= 0.6 is 7.82 Å². The zero-order chi connectivity index (χ0) is 25.1. The van der Waals surface area contributed by atoms with E-state index in [1.807, 2.05) is 0 Å². The van der Waals surface area contributed by atoms with E-state index in [0.29, 0.717) is 12.1 Å². The number of rotatable bonds is 5. The molecule has 3 aromatic rings. The Balaban J connectivity index is 1.25. The number of nitrogens with zero attached hydrogens (tertiary/aromatic N) is 4. The summed E-state index contributed by atoms with van der Waals surface area (Å²) < 4.78 is 48.0. The molecule has 3 aliphatic rings. The summed E-state index contributed by atoms with van der Waals surface area (Å²) in [5, 5.41) is 0. The van der Waals surface area contributed by atoms with Crippen molar-refractivity contribution in [3.8, 4) is 0 Å². The number of phosphoric acid groups is 1. The molecule has 6 atom stereocenters. The summed E-state index contributed by atoms with van der Waals surface area (Å²) in [5.74, 6) is -0.0997. The van der Waals surface area contributed by atoms with Gasteiger partial charge in [0.15, 0.2) is 29.1 Å². The SMILES string of the molecule is C[C@@]12OC(=O)O[C@@H]1[C@@H](CO[P@]1(=O)OCC[C@H](c3ccccn3)O1)O[C@H]2n1cnc2nc(N)[nH]c(=O)c21. The van der Waals surface area contributed by atoms with Crippen LogP contribution in [0.5, 0.6) is 0 Å². The monoisotopic (exact) mass is 520 g/mol. The zero-order valence-electron chi connectivity index (χ0n) is 18.8. The Kier molecular flexibility index (Phi) is 5.35. The number of hydrogen-bond donors (Lipinski definition) is 2. The van der Waals surface area contributed by atoms with Crippen LogP contribution in [0.15, 0.2) is 35.5 Å². The van der Waals surface area contributed by atoms with E-state index in [-0.39, 0.29) is 30.3 Å². The first kappa shape index (κ1) is 23.1. The van der Waals surface area contributed by atoms with Gasteiger partial charge < -0.3 is 19.9 Å². The number of nitrogens with one attached hydrogen (secondary N) is 1. The first-order valence-corrected chi connectivity index (χ1v) is 12.5. The summed E-state index contributed by atoms with van der Waals surface area (Å²) >= 11 is 0. The average Bonchev–Trinajstić information content (AvgIpc) is 3.47. The second-order valence-electron chi connectivity index (χ2n) is 8.59. The van der Waals surface area contributed by atoms with E-state index in [4.69, 9.17) is 33.5 Å². The lowest BCUT2D eigenvalue weighted by Gasteiger charge is -2.29. The van der Waals surface area contributed by atoms with Gasteiger partial charge in [-0.15, -0.1) is 0 Å². The van der Waals surface area contributed by atoms with Crippen molar-refractivity contribution in [3.05, 3.63) is 46.8 Å². The van der Waals surface area contributed by atoms with E-state index in [1.54, 1.807) is 31.3 Å². The van der Waals surface area contributed by atoms with Gasteiger partial charge in [0.05, 0.1) is 18.9 Å². The number of pyridine rings is 1. The van der Waals surface area contributed by atoms with Crippen molar-refractivity contribution in [1.82, 2.24) is 24.5 Å². The van der Waals surface area contributed by atoms with Crippen LogP contribution in [0.2, 0.25) is 0 Å². The number of hydrogen-bond acceptors (Lipinski definition) is 13. The van der Waals surface area contributed by atoms with Gasteiger partial charge in [-0.2, -0.15) is 4.98 Å². The number of imidazole rings is 1. The van der Waals surface area contributed by atoms with Gasteiger partial charge in [-0.3, -0.25) is 32.9 Å². The summed E-state index contributed by atoms with van der Waals surface area (Å²) in [6, 6.07) is 5.31. The molecular formula is C20H21N6O9P. The quantitative estimate of drug-likeness (QED) is 0.364. The van der Waals surface area contributed by atoms with Gasteiger partial charge in [0.2, 0.25) is 5.95 Å². The van der Waals surface area contributed by atoms with E-state index in [0.717, 1.165) is 0 Å². The number of fused-ring (bicyclic) bond motifs is 2. The number of carbonyl (C=O) groups is 1. The maximum atomic E-state index is 13.2. The van der Waals surface area contributed by atoms with Crippen LogP contribution in [0.3, 0.4) is 0 Å². The largest absolute Gasteiger partial charge is 0.509 e. The molecule has 15 nitrogen and oxygen atoms in total. The number of H-pyrrole nitrogens is 1. The first-order chi connectivity index (χ1) is 17.3. The standard InChI is InChI=1S/C20H21N6O9P/c1-20-14(33-19(28)34-20)12(32-17(20)26-9-23-15-13(26)16(27)25-18(21)24-15)8-31-36(29)30-7-5-11(35-36)10-4-2-3-6-22-10/h2-4,6,9,11-12,14,17H,5,7-8H2,1H3,(H3,21,24,25,27)/t11-,12-,14-,17-,20-,36+/m1/s1. The van der Waals surface area contributed by atoms with Gasteiger partial charge in [-0.25, -0.2) is 14.3 Å². The van der Waals surface area contributed by atoms with Crippen molar-refractivity contribution >= 4 is 31.1 Å². The second-order valence-corrected chi connectivity index (χ2v) is 10.2. The third-order valence-electron chi connectivity index (χ3n) is 6.23. The van der Waals surface area contributed by atoms with Gasteiger partial charge in [-0.1, -0.05) is 6.07 Å². The lowest BCUT2D eigenvalue weighted by atomic mass is 9.96. The van der Waals surface area contributed by atoms with Crippen LogP contribution in [0, 0.1) is 0 Å². The van der Waals surface area contributed by atoms with Crippen LogP contribution < -0.4 is 11.3 Å². The molecule has 36 heavy (non-hydrogen) atoms. The van der Waals surface area contributed by atoms with Crippen LogP contribution in [-0.4, -0.2) is 61.7 Å². The van der Waals surface area contributed by atoms with Crippen LogP contribution in [0.4, 0.5) is 10.7 Å². The molecule has 3 fully saturated rings. The Labute approximate surface area is 202 Å². The zero-order valence-corrected chi connectivity index (χ0v) is 19.7. The topological polar surface area (TPSA) is 192 Å². The molecule has 6 heterocycles. The van der Waals surface area contributed by atoms with Crippen molar-refractivity contribution in [2.45, 2.75) is 43.5 Å². The maximum absolute atomic E-state index is 13.2. The molecule has 0 unspecified atom stereocenters. The molecular weight excluding hydrogens is 499 g/mol. The molecule has 0 aromatic carbocycles. The highest BCUT2D eigenvalue weighted by molar-refractivity contribution is 7.48. The number of nitrogen functional groups attached to an aromatic ring is 1. The number of aromatic nitrogens is 5. The van der Waals surface area contributed by atoms with E-state index < -0.39 is 49.7 Å². The summed E-state index contributed by atoms with van der Waals surface area (Å²) in [5.41, 5.74) is 4.41. The number of ether oxygens (including phenoxy) is 3. The normalized spacial score (nSPS) is 33.9. The molecule has 190 valence electrons. The summed E-state index contributed by atoms with van der Waals surface area (Å²) in [7, 11) is -3.99. The van der Waals surface area contributed by atoms with Crippen molar-refractivity contribution in [2.75, 3.05) is 18.9 Å². The van der Waals surface area contributed by atoms with Gasteiger partial charge in [0.25, 0.3) is 5.56 Å². The summed E-state index contributed by atoms with van der Waals surface area (Å²) in [4.78, 5) is 39.4. The molecule has 3 N–H and O–H groups in total. The molecule has 3 aromatic heterocycles.